The maximum atomic E-state index is 12.2. The molecule has 0 unspecified atom stereocenters. The molecule has 102 valence electrons. The van der Waals surface area contributed by atoms with Gasteiger partial charge in [-0.2, -0.15) is 4.31 Å². The van der Waals surface area contributed by atoms with E-state index in [1.165, 1.54) is 16.6 Å². The lowest BCUT2D eigenvalue weighted by Gasteiger charge is -2.25. The molecule has 1 saturated heterocycles. The Balaban J connectivity index is 2.22. The van der Waals surface area contributed by atoms with Gasteiger partial charge in [0.05, 0.1) is 22.3 Å². The van der Waals surface area contributed by atoms with Gasteiger partial charge in [0.15, 0.2) is 9.84 Å². The number of H-pyrrole nitrogens is 1. The van der Waals surface area contributed by atoms with Crippen LogP contribution in [0.4, 0.5) is 0 Å². The van der Waals surface area contributed by atoms with Crippen molar-refractivity contribution in [1.82, 2.24) is 9.29 Å². The SMILES string of the molecule is O=S1(=O)CCN(S(=O)(=O)c2c[nH]c(CCl)c2)CC1. The summed E-state index contributed by atoms with van der Waals surface area (Å²) in [5.74, 6) is -0.0536. The van der Waals surface area contributed by atoms with Gasteiger partial charge in [0.1, 0.15) is 0 Å². The Bertz CT molecular complexity index is 621. The molecule has 18 heavy (non-hydrogen) atoms. The third-order valence-electron chi connectivity index (χ3n) is 2.80. The molecule has 1 aliphatic heterocycles. The fourth-order valence-corrected chi connectivity index (χ4v) is 4.78. The third-order valence-corrected chi connectivity index (χ3v) is 6.57. The van der Waals surface area contributed by atoms with E-state index < -0.39 is 19.9 Å². The van der Waals surface area contributed by atoms with Crippen molar-refractivity contribution in [3.63, 3.8) is 0 Å². The molecule has 0 aliphatic carbocycles. The second-order valence-corrected chi connectivity index (χ2v) is 8.56. The number of halogens is 1. The second-order valence-electron chi connectivity index (χ2n) is 4.05. The first kappa shape index (κ1) is 13.9. The number of aromatic amines is 1. The fourth-order valence-electron chi connectivity index (χ4n) is 1.73. The minimum absolute atomic E-state index is 0.00601. The number of hydrogen-bond acceptors (Lipinski definition) is 4. The van der Waals surface area contributed by atoms with Crippen LogP contribution in [0.5, 0.6) is 0 Å². The minimum atomic E-state index is -3.62. The van der Waals surface area contributed by atoms with Crippen molar-refractivity contribution >= 4 is 31.5 Å². The largest absolute Gasteiger partial charge is 0.363 e. The molecular formula is C9H13ClN2O4S2. The van der Waals surface area contributed by atoms with Crippen molar-refractivity contribution < 1.29 is 16.8 Å². The van der Waals surface area contributed by atoms with E-state index in [-0.39, 0.29) is 35.4 Å². The quantitative estimate of drug-likeness (QED) is 0.806. The third kappa shape index (κ3) is 2.71. The molecule has 9 heteroatoms. The van der Waals surface area contributed by atoms with Gasteiger partial charge < -0.3 is 4.98 Å². The summed E-state index contributed by atoms with van der Waals surface area (Å²) in [6.07, 6.45) is 1.37. The Morgan fingerprint density at radius 2 is 1.94 bits per heavy atom. The summed E-state index contributed by atoms with van der Waals surface area (Å²) >= 11 is 5.59. The van der Waals surface area contributed by atoms with E-state index in [2.05, 4.69) is 4.98 Å². The molecule has 1 aliphatic rings. The molecule has 0 atom stereocenters. The number of nitrogens with one attached hydrogen (secondary N) is 1. The Hall–Kier alpha value is -0.570. The standard InChI is InChI=1S/C9H13ClN2O4S2/c10-6-8-5-9(7-11-8)18(15,16)12-1-3-17(13,14)4-2-12/h5,7,11H,1-4,6H2. The highest BCUT2D eigenvalue weighted by Crippen LogP contribution is 2.19. The van der Waals surface area contributed by atoms with Crippen molar-refractivity contribution in [3.8, 4) is 0 Å². The fraction of sp³-hybridized carbons (Fsp3) is 0.556. The first-order valence-corrected chi connectivity index (χ1v) is 9.08. The zero-order valence-electron chi connectivity index (χ0n) is 9.46. The van der Waals surface area contributed by atoms with Crippen molar-refractivity contribution in [3.05, 3.63) is 18.0 Å². The zero-order valence-corrected chi connectivity index (χ0v) is 11.9. The van der Waals surface area contributed by atoms with Gasteiger partial charge >= 0.3 is 0 Å². The molecular weight excluding hydrogens is 300 g/mol. The lowest BCUT2D eigenvalue weighted by atomic mass is 10.5. The number of sulfonamides is 1. The van der Waals surface area contributed by atoms with Crippen LogP contribution in [0.1, 0.15) is 5.69 Å². The molecule has 6 nitrogen and oxygen atoms in total. The van der Waals surface area contributed by atoms with Crippen molar-refractivity contribution in [1.29, 1.82) is 0 Å². The van der Waals surface area contributed by atoms with Crippen LogP contribution in [0.15, 0.2) is 17.2 Å². The van der Waals surface area contributed by atoms with E-state index in [1.54, 1.807) is 0 Å². The maximum absolute atomic E-state index is 12.2. The highest BCUT2D eigenvalue weighted by atomic mass is 35.5. The number of sulfone groups is 1. The lowest BCUT2D eigenvalue weighted by Crippen LogP contribution is -2.43. The molecule has 1 N–H and O–H groups in total. The van der Waals surface area contributed by atoms with Gasteiger partial charge in [-0.15, -0.1) is 11.6 Å². The first-order chi connectivity index (χ1) is 8.35. The van der Waals surface area contributed by atoms with E-state index in [9.17, 15) is 16.8 Å². The van der Waals surface area contributed by atoms with Crippen LogP contribution in [-0.2, 0) is 25.7 Å². The normalized spacial score (nSPS) is 20.9. The molecule has 0 saturated carbocycles. The van der Waals surface area contributed by atoms with Gasteiger partial charge in [0.2, 0.25) is 10.0 Å². The van der Waals surface area contributed by atoms with Crippen LogP contribution in [0.3, 0.4) is 0 Å². The summed E-state index contributed by atoms with van der Waals surface area (Å²) < 4.78 is 48.1. The maximum Gasteiger partial charge on any atom is 0.244 e. The monoisotopic (exact) mass is 312 g/mol. The first-order valence-electron chi connectivity index (χ1n) is 5.29. The Labute approximate surface area is 111 Å². The summed E-state index contributed by atoms with van der Waals surface area (Å²) in [6.45, 7) is 0.0120. The number of rotatable bonds is 3. The number of nitrogens with zero attached hydrogens (tertiary/aromatic N) is 1. The molecule has 2 rings (SSSR count). The van der Waals surface area contributed by atoms with Gasteiger partial charge in [-0.3, -0.25) is 0 Å². The van der Waals surface area contributed by atoms with Crippen LogP contribution >= 0.6 is 11.6 Å². The summed E-state index contributed by atoms with van der Waals surface area (Å²) in [5, 5.41) is 0. The van der Waals surface area contributed by atoms with Crippen molar-refractivity contribution in [2.24, 2.45) is 0 Å². The summed E-state index contributed by atoms with van der Waals surface area (Å²) in [6, 6.07) is 1.46. The van der Waals surface area contributed by atoms with Gasteiger partial charge in [0.25, 0.3) is 0 Å². The Morgan fingerprint density at radius 1 is 1.33 bits per heavy atom. The number of alkyl halides is 1. The number of aromatic nitrogens is 1. The van der Waals surface area contributed by atoms with Crippen molar-refractivity contribution in [2.45, 2.75) is 10.8 Å². The molecule has 0 amide bonds. The van der Waals surface area contributed by atoms with E-state index in [1.807, 2.05) is 0 Å². The molecule has 2 heterocycles. The second kappa shape index (κ2) is 4.84. The summed E-state index contributed by atoms with van der Waals surface area (Å²) in [7, 11) is -6.72. The van der Waals surface area contributed by atoms with Crippen LogP contribution in [0.25, 0.3) is 0 Å². The van der Waals surface area contributed by atoms with Crippen LogP contribution < -0.4 is 0 Å². The predicted octanol–water partition coefficient (Wildman–Crippen LogP) is 0.173. The molecule has 0 spiro atoms. The smallest absolute Gasteiger partial charge is 0.244 e. The Kier molecular flexibility index (Phi) is 3.72. The molecule has 0 radical (unpaired) electrons. The van der Waals surface area contributed by atoms with Crippen molar-refractivity contribution in [2.75, 3.05) is 24.6 Å². The van der Waals surface area contributed by atoms with Crippen LogP contribution in [0.2, 0.25) is 0 Å². The zero-order chi connectivity index (χ0) is 13.4. The van der Waals surface area contributed by atoms with E-state index in [0.29, 0.717) is 5.69 Å². The topological polar surface area (TPSA) is 87.3 Å². The molecule has 1 aromatic rings. The Morgan fingerprint density at radius 3 is 2.44 bits per heavy atom. The average molecular weight is 313 g/mol. The number of hydrogen-bond donors (Lipinski definition) is 1. The van der Waals surface area contributed by atoms with Crippen LogP contribution in [0, 0.1) is 0 Å². The van der Waals surface area contributed by atoms with Gasteiger partial charge in [-0.05, 0) is 6.07 Å². The minimum Gasteiger partial charge on any atom is -0.363 e. The highest BCUT2D eigenvalue weighted by Gasteiger charge is 2.31. The summed E-state index contributed by atoms with van der Waals surface area (Å²) in [4.78, 5) is 2.88. The summed E-state index contributed by atoms with van der Waals surface area (Å²) in [5.41, 5.74) is 0.611. The van der Waals surface area contributed by atoms with E-state index in [0.717, 1.165) is 0 Å². The van der Waals surface area contributed by atoms with Gasteiger partial charge in [-0.25, -0.2) is 16.8 Å². The molecule has 1 aromatic heterocycles. The molecule has 0 aromatic carbocycles. The molecule has 1 fully saturated rings. The van der Waals surface area contributed by atoms with E-state index >= 15 is 0 Å². The highest BCUT2D eigenvalue weighted by molar-refractivity contribution is 7.92. The van der Waals surface area contributed by atoms with Gasteiger partial charge in [0, 0.05) is 25.0 Å². The molecule has 0 bridgehead atoms. The van der Waals surface area contributed by atoms with Crippen LogP contribution in [-0.4, -0.2) is 50.7 Å². The van der Waals surface area contributed by atoms with E-state index in [4.69, 9.17) is 11.6 Å². The lowest BCUT2D eigenvalue weighted by molar-refractivity contribution is 0.431. The van der Waals surface area contributed by atoms with Gasteiger partial charge in [-0.1, -0.05) is 0 Å². The average Bonchev–Trinajstić information content (AvgIpc) is 2.77. The predicted molar refractivity (Wildman–Crippen MR) is 67.8 cm³/mol.